The summed E-state index contributed by atoms with van der Waals surface area (Å²) in [6, 6.07) is 18.5. The Morgan fingerprint density at radius 3 is 1.71 bits per heavy atom. The molecular formula is C26H29F3N2O7. The van der Waals surface area contributed by atoms with Gasteiger partial charge in [0.05, 0.1) is 12.6 Å². The lowest BCUT2D eigenvalue weighted by molar-refractivity contribution is -0.204. The molecule has 38 heavy (non-hydrogen) atoms. The van der Waals surface area contributed by atoms with E-state index in [4.69, 9.17) is 9.47 Å². The van der Waals surface area contributed by atoms with Crippen LogP contribution in [0, 0.1) is 0 Å². The van der Waals surface area contributed by atoms with E-state index < -0.39 is 30.4 Å². The van der Waals surface area contributed by atoms with Crippen molar-refractivity contribution < 1.29 is 46.9 Å². The molecule has 0 aliphatic carbocycles. The number of esters is 1. The van der Waals surface area contributed by atoms with E-state index in [0.717, 1.165) is 11.1 Å². The molecule has 0 spiro atoms. The number of carbonyl (C=O) groups is 3. The number of halogens is 3. The minimum Gasteiger partial charge on any atom is -0.454 e. The molecule has 2 atom stereocenters. The number of aliphatic hydroxyl groups excluding tert-OH is 1. The Morgan fingerprint density at radius 2 is 1.26 bits per heavy atom. The molecule has 0 saturated carbocycles. The Hall–Kier alpha value is -3.80. The number of alkyl halides is 3. The molecule has 2 aromatic carbocycles. The van der Waals surface area contributed by atoms with Crippen LogP contribution in [-0.2, 0) is 32.2 Å². The molecule has 2 fully saturated rings. The number of nitrogens with zero attached hydrogens (tertiary/aromatic N) is 2. The van der Waals surface area contributed by atoms with Gasteiger partial charge in [-0.2, -0.15) is 13.2 Å². The number of hydrogen-bond acceptors (Lipinski definition) is 7. The maximum Gasteiger partial charge on any atom is 0.490 e. The predicted molar refractivity (Wildman–Crippen MR) is 128 cm³/mol. The molecule has 2 heterocycles. The van der Waals surface area contributed by atoms with Gasteiger partial charge in [0.15, 0.2) is 0 Å². The molecule has 0 aromatic heterocycles. The normalized spacial score (nSPS) is 18.8. The zero-order valence-electron chi connectivity index (χ0n) is 20.5. The van der Waals surface area contributed by atoms with Crippen LogP contribution in [0.4, 0.5) is 22.8 Å². The summed E-state index contributed by atoms with van der Waals surface area (Å²) in [5, 5.41) is 9.28. The van der Waals surface area contributed by atoms with Crippen molar-refractivity contribution in [1.82, 2.24) is 9.80 Å². The number of rotatable bonds is 5. The van der Waals surface area contributed by atoms with E-state index in [1.807, 2.05) is 36.4 Å². The monoisotopic (exact) mass is 538 g/mol. The van der Waals surface area contributed by atoms with E-state index in [0.29, 0.717) is 19.5 Å². The van der Waals surface area contributed by atoms with Crippen LogP contribution in [0.25, 0.3) is 0 Å². The quantitative estimate of drug-likeness (QED) is 0.455. The number of carbonyl (C=O) groups excluding carboxylic acids is 3. The first-order valence-electron chi connectivity index (χ1n) is 12.0. The Bertz CT molecular complexity index is 1050. The molecule has 0 bridgehead atoms. The largest absolute Gasteiger partial charge is 0.490 e. The first-order chi connectivity index (χ1) is 18.1. The zero-order valence-corrected chi connectivity index (χ0v) is 20.5. The van der Waals surface area contributed by atoms with Gasteiger partial charge in [0.1, 0.15) is 19.3 Å². The van der Waals surface area contributed by atoms with Gasteiger partial charge in [-0.05, 0) is 17.5 Å². The first kappa shape index (κ1) is 28.8. The zero-order chi connectivity index (χ0) is 27.5. The molecule has 12 heteroatoms. The van der Waals surface area contributed by atoms with Crippen molar-refractivity contribution in [3.05, 3.63) is 71.8 Å². The molecule has 0 radical (unpaired) electrons. The number of hydrogen-bond donors (Lipinski definition) is 1. The second-order valence-electron chi connectivity index (χ2n) is 8.73. The number of benzene rings is 2. The van der Waals surface area contributed by atoms with Gasteiger partial charge in [-0.25, -0.2) is 14.4 Å². The highest BCUT2D eigenvalue weighted by Gasteiger charge is 2.43. The van der Waals surface area contributed by atoms with Crippen molar-refractivity contribution in [3.8, 4) is 0 Å². The van der Waals surface area contributed by atoms with Crippen LogP contribution in [-0.4, -0.2) is 77.6 Å². The summed E-state index contributed by atoms with van der Waals surface area (Å²) in [6.07, 6.45) is -6.58. The van der Waals surface area contributed by atoms with Gasteiger partial charge >= 0.3 is 24.3 Å². The number of β-amino-alcohol motifs (C(OH)–C–C–N with tert-alkyl or cyclic N) is 1. The molecular weight excluding hydrogens is 509 g/mol. The molecule has 2 saturated heterocycles. The maximum atomic E-state index is 12.1. The summed E-state index contributed by atoms with van der Waals surface area (Å²) in [6.45, 7) is 1.40. The maximum absolute atomic E-state index is 12.1. The van der Waals surface area contributed by atoms with Crippen LogP contribution in [0.5, 0.6) is 0 Å². The van der Waals surface area contributed by atoms with Gasteiger partial charge in [-0.3, -0.25) is 0 Å². The van der Waals surface area contributed by atoms with Crippen LogP contribution < -0.4 is 0 Å². The van der Waals surface area contributed by atoms with Gasteiger partial charge in [0.2, 0.25) is 0 Å². The van der Waals surface area contributed by atoms with Crippen LogP contribution in [0.3, 0.4) is 0 Å². The van der Waals surface area contributed by atoms with Gasteiger partial charge in [-0.15, -0.1) is 0 Å². The molecule has 2 aliphatic rings. The van der Waals surface area contributed by atoms with E-state index in [-0.39, 0.29) is 38.8 Å². The Morgan fingerprint density at radius 1 is 0.789 bits per heavy atom. The summed E-state index contributed by atoms with van der Waals surface area (Å²) in [4.78, 5) is 36.8. The summed E-state index contributed by atoms with van der Waals surface area (Å²) >= 11 is 0. The standard InChI is InChI=1S/C14H14F3NO4.C12H15NO3/c15-14(16,17)12(19)22-11-6-7-18(8-11)13(20)21-9-10-4-2-1-3-5-10;14-11-6-7-13(8-11)12(15)16-9-10-4-2-1-3-5-10/h1-5,11H,6-9H2;1-5,11,14H,6-9H2/t2*11-/m01/s1. The van der Waals surface area contributed by atoms with Crippen molar-refractivity contribution in [2.75, 3.05) is 26.2 Å². The average molecular weight is 539 g/mol. The van der Waals surface area contributed by atoms with Gasteiger partial charge in [-0.1, -0.05) is 60.7 Å². The molecule has 1 N–H and O–H groups in total. The fourth-order valence-corrected chi connectivity index (χ4v) is 3.74. The van der Waals surface area contributed by atoms with Crippen LogP contribution >= 0.6 is 0 Å². The lowest BCUT2D eigenvalue weighted by atomic mass is 10.2. The molecule has 2 aromatic rings. The molecule has 2 aliphatic heterocycles. The van der Waals surface area contributed by atoms with Gasteiger partial charge in [0.25, 0.3) is 0 Å². The fourth-order valence-electron chi connectivity index (χ4n) is 3.74. The highest BCUT2D eigenvalue weighted by Crippen LogP contribution is 2.21. The van der Waals surface area contributed by atoms with Crippen LogP contribution in [0.1, 0.15) is 24.0 Å². The van der Waals surface area contributed by atoms with Crippen molar-refractivity contribution >= 4 is 18.2 Å². The average Bonchev–Trinajstić information content (AvgIpc) is 3.56. The van der Waals surface area contributed by atoms with Crippen molar-refractivity contribution in [2.45, 2.75) is 44.4 Å². The van der Waals surface area contributed by atoms with Gasteiger partial charge < -0.3 is 29.1 Å². The second-order valence-corrected chi connectivity index (χ2v) is 8.73. The van der Waals surface area contributed by atoms with Crippen molar-refractivity contribution in [3.63, 3.8) is 0 Å². The number of ether oxygens (including phenoxy) is 3. The van der Waals surface area contributed by atoms with E-state index in [9.17, 15) is 32.7 Å². The minimum atomic E-state index is -5.03. The van der Waals surface area contributed by atoms with Crippen molar-refractivity contribution in [2.24, 2.45) is 0 Å². The summed E-state index contributed by atoms with van der Waals surface area (Å²) in [5.74, 6) is -2.24. The second kappa shape index (κ2) is 13.7. The lowest BCUT2D eigenvalue weighted by Crippen LogP contribution is -2.34. The van der Waals surface area contributed by atoms with E-state index >= 15 is 0 Å². The van der Waals surface area contributed by atoms with E-state index in [1.54, 1.807) is 24.3 Å². The number of likely N-dealkylation sites (tertiary alicyclic amines) is 2. The molecule has 9 nitrogen and oxygen atoms in total. The highest BCUT2D eigenvalue weighted by atomic mass is 19.4. The van der Waals surface area contributed by atoms with E-state index in [1.165, 1.54) is 9.80 Å². The van der Waals surface area contributed by atoms with Crippen molar-refractivity contribution in [1.29, 1.82) is 0 Å². The third-order valence-corrected chi connectivity index (χ3v) is 5.74. The van der Waals surface area contributed by atoms with E-state index in [2.05, 4.69) is 4.74 Å². The van der Waals surface area contributed by atoms with Crippen LogP contribution in [0.2, 0.25) is 0 Å². The lowest BCUT2D eigenvalue weighted by Gasteiger charge is -2.17. The number of amides is 2. The fraction of sp³-hybridized carbons (Fsp3) is 0.423. The molecule has 4 rings (SSSR count). The first-order valence-corrected chi connectivity index (χ1v) is 12.0. The summed E-state index contributed by atoms with van der Waals surface area (Å²) in [5.41, 5.74) is 1.77. The topological polar surface area (TPSA) is 106 Å². The Kier molecular flexibility index (Phi) is 10.3. The smallest absolute Gasteiger partial charge is 0.454 e. The predicted octanol–water partition coefficient (Wildman–Crippen LogP) is 3.89. The minimum absolute atomic E-state index is 0.0726. The molecule has 206 valence electrons. The Balaban J connectivity index is 0.000000221. The summed E-state index contributed by atoms with van der Waals surface area (Å²) in [7, 11) is 0. The molecule has 2 amide bonds. The summed E-state index contributed by atoms with van der Waals surface area (Å²) < 4.78 is 50.8. The third-order valence-electron chi connectivity index (χ3n) is 5.74. The number of aliphatic hydroxyl groups is 1. The SMILES string of the molecule is O=C(OCc1ccccc1)N1CC[C@@H](O)C1.O=C(OCc1ccccc1)N1CC[C@H](OC(=O)C(F)(F)F)C1. The third kappa shape index (κ3) is 9.25. The highest BCUT2D eigenvalue weighted by molar-refractivity contribution is 5.76. The molecule has 0 unspecified atom stereocenters. The van der Waals surface area contributed by atoms with Gasteiger partial charge in [0, 0.05) is 26.1 Å². The van der Waals surface area contributed by atoms with Crippen LogP contribution in [0.15, 0.2) is 60.7 Å². The Labute approximate surface area is 217 Å².